The van der Waals surface area contributed by atoms with E-state index in [4.69, 9.17) is 0 Å². The first kappa shape index (κ1) is 12.7. The molecule has 0 aliphatic rings. The van der Waals surface area contributed by atoms with Crippen molar-refractivity contribution >= 4 is 22.6 Å². The van der Waals surface area contributed by atoms with Gasteiger partial charge in [-0.1, -0.05) is 50.3 Å². The number of hydrogen-bond donors (Lipinski definition) is 0. The minimum absolute atomic E-state index is 0.136. The molecule has 2 atom stereocenters. The van der Waals surface area contributed by atoms with E-state index in [0.29, 0.717) is 0 Å². The first-order valence-corrected chi connectivity index (χ1v) is 5.73. The predicted octanol–water partition coefficient (Wildman–Crippen LogP) is 4.22. The van der Waals surface area contributed by atoms with Gasteiger partial charge in [-0.3, -0.25) is 4.39 Å². The van der Waals surface area contributed by atoms with Crippen LogP contribution in [0.2, 0.25) is 0 Å². The molecule has 0 aromatic carbocycles. The molecule has 0 bridgehead atoms. The molecule has 74 valence electrons. The molecule has 0 aliphatic heterocycles. The Balaban J connectivity index is 3.86. The molecular weight excluding hydrogens is 266 g/mol. The van der Waals surface area contributed by atoms with Crippen LogP contribution in [0.5, 0.6) is 0 Å². The highest BCUT2D eigenvalue weighted by molar-refractivity contribution is 14.1. The van der Waals surface area contributed by atoms with Crippen molar-refractivity contribution in [2.45, 2.75) is 44.0 Å². The second-order valence-electron chi connectivity index (χ2n) is 4.27. The molecule has 0 nitrogen and oxygen atoms in total. The highest BCUT2D eigenvalue weighted by Crippen LogP contribution is 2.34. The highest BCUT2D eigenvalue weighted by atomic mass is 127. The zero-order valence-electron chi connectivity index (χ0n) is 8.53. The third-order valence-corrected chi connectivity index (χ3v) is 4.07. The minimum atomic E-state index is -0.197. The van der Waals surface area contributed by atoms with Crippen LogP contribution in [-0.4, -0.2) is 10.1 Å². The SMILES string of the molecule is CC(C)CCC(C)(I)C(C)CF. The van der Waals surface area contributed by atoms with Crippen molar-refractivity contribution in [3.63, 3.8) is 0 Å². The molecule has 2 heteroatoms. The zero-order chi connectivity index (χ0) is 9.78. The monoisotopic (exact) mass is 286 g/mol. The van der Waals surface area contributed by atoms with E-state index in [1.807, 2.05) is 6.92 Å². The second kappa shape index (κ2) is 5.40. The van der Waals surface area contributed by atoms with Crippen LogP contribution in [0.3, 0.4) is 0 Å². The van der Waals surface area contributed by atoms with E-state index in [1.54, 1.807) is 0 Å². The average Bonchev–Trinajstić information content (AvgIpc) is 1.99. The maximum absolute atomic E-state index is 12.4. The van der Waals surface area contributed by atoms with Crippen LogP contribution < -0.4 is 0 Å². The maximum atomic E-state index is 12.4. The first-order chi connectivity index (χ1) is 5.40. The van der Waals surface area contributed by atoms with Crippen LogP contribution in [0.15, 0.2) is 0 Å². The van der Waals surface area contributed by atoms with E-state index in [9.17, 15) is 4.39 Å². The average molecular weight is 286 g/mol. The third-order valence-electron chi connectivity index (χ3n) is 2.47. The van der Waals surface area contributed by atoms with Crippen molar-refractivity contribution in [2.24, 2.45) is 11.8 Å². The van der Waals surface area contributed by atoms with Crippen molar-refractivity contribution in [1.82, 2.24) is 0 Å². The quantitative estimate of drug-likeness (QED) is 0.524. The molecule has 0 aromatic heterocycles. The molecule has 0 radical (unpaired) electrons. The summed E-state index contributed by atoms with van der Waals surface area (Å²) in [6.45, 7) is 8.38. The van der Waals surface area contributed by atoms with Gasteiger partial charge in [-0.15, -0.1) is 0 Å². The summed E-state index contributed by atoms with van der Waals surface area (Å²) in [4.78, 5) is 0. The van der Waals surface area contributed by atoms with E-state index in [-0.39, 0.29) is 16.0 Å². The van der Waals surface area contributed by atoms with Gasteiger partial charge >= 0.3 is 0 Å². The fourth-order valence-corrected chi connectivity index (χ4v) is 1.46. The molecule has 0 amide bonds. The lowest BCUT2D eigenvalue weighted by Gasteiger charge is -2.28. The maximum Gasteiger partial charge on any atom is 0.0932 e. The van der Waals surface area contributed by atoms with Crippen molar-refractivity contribution in [2.75, 3.05) is 6.67 Å². The molecule has 0 N–H and O–H groups in total. The van der Waals surface area contributed by atoms with E-state index < -0.39 is 0 Å². The Morgan fingerprint density at radius 3 is 2.17 bits per heavy atom. The van der Waals surface area contributed by atoms with Crippen LogP contribution in [0.4, 0.5) is 4.39 Å². The number of alkyl halides is 2. The third kappa shape index (κ3) is 4.63. The van der Waals surface area contributed by atoms with Crippen LogP contribution in [0.25, 0.3) is 0 Å². The van der Waals surface area contributed by atoms with Crippen LogP contribution >= 0.6 is 22.6 Å². The summed E-state index contributed by atoms with van der Waals surface area (Å²) < 4.78 is 12.5. The van der Waals surface area contributed by atoms with Crippen LogP contribution in [0, 0.1) is 11.8 Å². The number of halogens is 2. The van der Waals surface area contributed by atoms with E-state index in [2.05, 4.69) is 43.4 Å². The molecule has 12 heavy (non-hydrogen) atoms. The van der Waals surface area contributed by atoms with Crippen molar-refractivity contribution in [3.05, 3.63) is 0 Å². The number of hydrogen-bond acceptors (Lipinski definition) is 0. The van der Waals surface area contributed by atoms with Crippen LogP contribution in [-0.2, 0) is 0 Å². The van der Waals surface area contributed by atoms with Crippen molar-refractivity contribution in [1.29, 1.82) is 0 Å². The second-order valence-corrected chi connectivity index (χ2v) is 6.73. The lowest BCUT2D eigenvalue weighted by atomic mass is 9.90. The summed E-state index contributed by atoms with van der Waals surface area (Å²) in [6, 6.07) is 0. The predicted molar refractivity (Wildman–Crippen MR) is 61.6 cm³/mol. The normalized spacial score (nSPS) is 19.2. The molecular formula is C10H20FI. The zero-order valence-corrected chi connectivity index (χ0v) is 10.7. The van der Waals surface area contributed by atoms with Gasteiger partial charge in [-0.25, -0.2) is 0 Å². The van der Waals surface area contributed by atoms with Gasteiger partial charge in [0, 0.05) is 3.42 Å². The Hall–Kier alpha value is 0.660. The van der Waals surface area contributed by atoms with Gasteiger partial charge < -0.3 is 0 Å². The van der Waals surface area contributed by atoms with Crippen LogP contribution in [0.1, 0.15) is 40.5 Å². The Morgan fingerprint density at radius 1 is 1.33 bits per heavy atom. The fraction of sp³-hybridized carbons (Fsp3) is 1.00. The van der Waals surface area contributed by atoms with Gasteiger partial charge in [0.05, 0.1) is 6.67 Å². The smallest absolute Gasteiger partial charge is 0.0932 e. The van der Waals surface area contributed by atoms with Gasteiger partial charge in [0.25, 0.3) is 0 Å². The van der Waals surface area contributed by atoms with E-state index in [0.717, 1.165) is 12.3 Å². The van der Waals surface area contributed by atoms with Gasteiger partial charge in [0.15, 0.2) is 0 Å². The Labute approximate surface area is 89.5 Å². The first-order valence-electron chi connectivity index (χ1n) is 4.65. The Bertz CT molecular complexity index is 121. The molecule has 0 spiro atoms. The van der Waals surface area contributed by atoms with Gasteiger partial charge in [-0.2, -0.15) is 0 Å². The summed E-state index contributed by atoms with van der Waals surface area (Å²) in [5.41, 5.74) is 0. The lowest BCUT2D eigenvalue weighted by Crippen LogP contribution is -2.27. The van der Waals surface area contributed by atoms with Crippen molar-refractivity contribution in [3.8, 4) is 0 Å². The fourth-order valence-electron chi connectivity index (χ4n) is 0.978. The lowest BCUT2D eigenvalue weighted by molar-refractivity contribution is 0.311. The summed E-state index contributed by atoms with van der Waals surface area (Å²) in [6.07, 6.45) is 2.32. The summed E-state index contributed by atoms with van der Waals surface area (Å²) in [5.74, 6) is 0.905. The molecule has 0 fully saturated rings. The molecule has 0 heterocycles. The van der Waals surface area contributed by atoms with Gasteiger partial charge in [0.2, 0.25) is 0 Å². The molecule has 0 rings (SSSR count). The largest absolute Gasteiger partial charge is 0.251 e. The minimum Gasteiger partial charge on any atom is -0.251 e. The summed E-state index contributed by atoms with van der Waals surface area (Å²) in [7, 11) is 0. The summed E-state index contributed by atoms with van der Waals surface area (Å²) in [5, 5.41) is 0. The Morgan fingerprint density at radius 2 is 1.83 bits per heavy atom. The summed E-state index contributed by atoms with van der Waals surface area (Å²) >= 11 is 2.40. The topological polar surface area (TPSA) is 0 Å². The molecule has 0 aromatic rings. The molecule has 2 unspecified atom stereocenters. The Kier molecular flexibility index (Phi) is 5.70. The van der Waals surface area contributed by atoms with E-state index >= 15 is 0 Å². The molecule has 0 saturated carbocycles. The van der Waals surface area contributed by atoms with Crippen molar-refractivity contribution < 1.29 is 4.39 Å². The standard InChI is InChI=1S/C10H20FI/c1-8(2)5-6-10(4,12)9(3)7-11/h8-9H,5-7H2,1-4H3. The number of rotatable bonds is 5. The molecule has 0 saturated heterocycles. The highest BCUT2D eigenvalue weighted by Gasteiger charge is 2.27. The van der Waals surface area contributed by atoms with E-state index in [1.165, 1.54) is 6.42 Å². The van der Waals surface area contributed by atoms with Gasteiger partial charge in [-0.05, 0) is 24.7 Å². The van der Waals surface area contributed by atoms with Gasteiger partial charge in [0.1, 0.15) is 0 Å². The molecule has 0 aliphatic carbocycles.